The molecule has 5 rings (SSSR count). The van der Waals surface area contributed by atoms with E-state index in [0.717, 1.165) is 21.6 Å². The van der Waals surface area contributed by atoms with Crippen LogP contribution in [0.25, 0.3) is 17.2 Å². The van der Waals surface area contributed by atoms with Gasteiger partial charge in [0.05, 0.1) is 5.25 Å². The number of hydrogen-bond acceptors (Lipinski definition) is 6. The van der Waals surface area contributed by atoms with Crippen LogP contribution in [0, 0.1) is 6.92 Å². The number of anilines is 2. The van der Waals surface area contributed by atoms with E-state index in [-0.39, 0.29) is 11.6 Å². The number of carbonyl (C=O) groups excluding carboxylic acids is 3. The third kappa shape index (κ3) is 8.58. The third-order valence-corrected chi connectivity index (χ3v) is 8.13. The van der Waals surface area contributed by atoms with Crippen LogP contribution < -0.4 is 16.0 Å². The summed E-state index contributed by atoms with van der Waals surface area (Å²) in [4.78, 5) is 40.3. The van der Waals surface area contributed by atoms with Gasteiger partial charge >= 0.3 is 0 Å². The average Bonchev–Trinajstić information content (AvgIpc) is 3.48. The quantitative estimate of drug-likeness (QED) is 0.104. The van der Waals surface area contributed by atoms with Crippen molar-refractivity contribution < 1.29 is 18.9 Å². The molecule has 0 saturated carbocycles. The fourth-order valence-electron chi connectivity index (χ4n) is 4.48. The molecule has 8 nitrogen and oxygen atoms in total. The summed E-state index contributed by atoms with van der Waals surface area (Å²) in [5, 5.41) is 11.9. The first-order valence-corrected chi connectivity index (χ1v) is 15.3. The Morgan fingerprint density at radius 2 is 1.51 bits per heavy atom. The van der Waals surface area contributed by atoms with Gasteiger partial charge in [0.15, 0.2) is 5.82 Å². The SMILES string of the molecule is CCC(Sc1cccc(NC(=O)/C(=C\c2ccc(-c3ccccc3)cc2)NC(=O)c2ccccc2)c1)C(=O)Nc1cc(C)on1. The molecule has 3 N–H and O–H groups in total. The summed E-state index contributed by atoms with van der Waals surface area (Å²) in [5.41, 5.74) is 3.90. The molecular weight excluding hydrogens is 584 g/mol. The maximum absolute atomic E-state index is 13.6. The first kappa shape index (κ1) is 31.0. The van der Waals surface area contributed by atoms with Gasteiger partial charge in [-0.15, -0.1) is 11.8 Å². The van der Waals surface area contributed by atoms with E-state index in [0.29, 0.717) is 29.2 Å². The normalized spacial score (nSPS) is 11.8. The van der Waals surface area contributed by atoms with Gasteiger partial charge in [-0.1, -0.05) is 90.9 Å². The molecule has 1 unspecified atom stereocenters. The Hall–Kier alpha value is -5.41. The number of hydrogen-bond donors (Lipinski definition) is 3. The molecule has 1 aromatic heterocycles. The minimum absolute atomic E-state index is 0.0862. The molecule has 0 aliphatic rings. The number of carbonyl (C=O) groups is 3. The van der Waals surface area contributed by atoms with Gasteiger partial charge in [0.2, 0.25) is 5.91 Å². The third-order valence-electron chi connectivity index (χ3n) is 6.77. The second kappa shape index (κ2) is 14.9. The molecule has 0 aliphatic heterocycles. The minimum atomic E-state index is -0.486. The van der Waals surface area contributed by atoms with Gasteiger partial charge in [-0.3, -0.25) is 14.4 Å². The van der Waals surface area contributed by atoms with E-state index in [1.807, 2.05) is 73.7 Å². The molecule has 9 heteroatoms. The van der Waals surface area contributed by atoms with Crippen molar-refractivity contribution in [3.63, 3.8) is 0 Å². The van der Waals surface area contributed by atoms with Gasteiger partial charge in [-0.2, -0.15) is 0 Å². The van der Waals surface area contributed by atoms with Crippen molar-refractivity contribution in [2.24, 2.45) is 0 Å². The van der Waals surface area contributed by atoms with Crippen LogP contribution in [0.5, 0.6) is 0 Å². The van der Waals surface area contributed by atoms with Crippen molar-refractivity contribution in [3.8, 4) is 11.1 Å². The lowest BCUT2D eigenvalue weighted by molar-refractivity contribution is -0.116. The Morgan fingerprint density at radius 3 is 2.18 bits per heavy atom. The molecule has 0 fully saturated rings. The zero-order valence-corrected chi connectivity index (χ0v) is 25.6. The van der Waals surface area contributed by atoms with Crippen LogP contribution in [0.4, 0.5) is 11.5 Å². The molecule has 45 heavy (non-hydrogen) atoms. The number of nitrogens with one attached hydrogen (secondary N) is 3. The predicted octanol–water partition coefficient (Wildman–Crippen LogP) is 7.57. The smallest absolute Gasteiger partial charge is 0.272 e. The average molecular weight is 617 g/mol. The predicted molar refractivity (Wildman–Crippen MR) is 179 cm³/mol. The van der Waals surface area contributed by atoms with Crippen molar-refractivity contribution in [3.05, 3.63) is 138 Å². The summed E-state index contributed by atoms with van der Waals surface area (Å²) in [6.07, 6.45) is 2.22. The Balaban J connectivity index is 1.33. The lowest BCUT2D eigenvalue weighted by Gasteiger charge is -2.15. The lowest BCUT2D eigenvalue weighted by atomic mass is 10.0. The topological polar surface area (TPSA) is 113 Å². The van der Waals surface area contributed by atoms with E-state index in [1.54, 1.807) is 61.5 Å². The summed E-state index contributed by atoms with van der Waals surface area (Å²) in [6.45, 7) is 3.68. The highest BCUT2D eigenvalue weighted by molar-refractivity contribution is 8.00. The molecule has 0 saturated heterocycles. The molecule has 0 radical (unpaired) electrons. The first-order valence-electron chi connectivity index (χ1n) is 14.4. The molecule has 0 spiro atoms. The molecule has 0 aliphatic carbocycles. The molecular formula is C36H32N4O4S. The lowest BCUT2D eigenvalue weighted by Crippen LogP contribution is -2.30. The highest BCUT2D eigenvalue weighted by Crippen LogP contribution is 2.29. The monoisotopic (exact) mass is 616 g/mol. The number of aryl methyl sites for hydroxylation is 1. The maximum Gasteiger partial charge on any atom is 0.272 e. The van der Waals surface area contributed by atoms with Crippen molar-refractivity contribution in [2.75, 3.05) is 10.6 Å². The standard InChI is InChI=1S/C36H32N4O4S/c1-3-32(36(43)39-33-21-24(2)44-40-33)45-30-16-10-15-29(23-30)37-35(42)31(38-34(41)28-13-8-5-9-14-28)22-25-17-19-27(20-18-25)26-11-6-4-7-12-26/h4-23,32H,3H2,1-2H3,(H,37,42)(H,38,41)(H,39,40,43)/b31-22+. The Morgan fingerprint density at radius 1 is 0.822 bits per heavy atom. The molecule has 226 valence electrons. The van der Waals surface area contributed by atoms with Crippen LogP contribution in [-0.4, -0.2) is 28.1 Å². The summed E-state index contributed by atoms with van der Waals surface area (Å²) in [6, 6.07) is 35.3. The van der Waals surface area contributed by atoms with Gasteiger partial charge in [-0.05, 0) is 66.4 Å². The van der Waals surface area contributed by atoms with Crippen LogP contribution in [0.1, 0.15) is 35.0 Å². The molecule has 5 aromatic rings. The van der Waals surface area contributed by atoms with Gasteiger partial charge in [0.25, 0.3) is 11.8 Å². The number of benzene rings is 4. The van der Waals surface area contributed by atoms with Crippen LogP contribution in [0.3, 0.4) is 0 Å². The number of aromatic nitrogens is 1. The van der Waals surface area contributed by atoms with Crippen molar-refractivity contribution >= 4 is 47.1 Å². The number of amides is 3. The van der Waals surface area contributed by atoms with Gasteiger partial charge in [0, 0.05) is 22.2 Å². The van der Waals surface area contributed by atoms with Crippen LogP contribution in [-0.2, 0) is 9.59 Å². The van der Waals surface area contributed by atoms with E-state index >= 15 is 0 Å². The molecule has 1 heterocycles. The first-order chi connectivity index (χ1) is 21.9. The second-order valence-electron chi connectivity index (χ2n) is 10.2. The van der Waals surface area contributed by atoms with Crippen LogP contribution >= 0.6 is 11.8 Å². The Labute approximate surface area is 265 Å². The molecule has 1 atom stereocenters. The van der Waals surface area contributed by atoms with E-state index in [4.69, 9.17) is 4.52 Å². The number of nitrogens with zero attached hydrogens (tertiary/aromatic N) is 1. The summed E-state index contributed by atoms with van der Waals surface area (Å²) in [5.74, 6) is -0.116. The van der Waals surface area contributed by atoms with Gasteiger partial charge in [0.1, 0.15) is 11.5 Å². The maximum atomic E-state index is 13.6. The Kier molecular flexibility index (Phi) is 10.2. The zero-order chi connectivity index (χ0) is 31.6. The van der Waals surface area contributed by atoms with E-state index < -0.39 is 17.1 Å². The van der Waals surface area contributed by atoms with E-state index in [1.165, 1.54) is 11.8 Å². The summed E-state index contributed by atoms with van der Waals surface area (Å²) >= 11 is 1.38. The van der Waals surface area contributed by atoms with Crippen molar-refractivity contribution in [1.29, 1.82) is 0 Å². The van der Waals surface area contributed by atoms with Gasteiger partial charge < -0.3 is 20.5 Å². The summed E-state index contributed by atoms with van der Waals surface area (Å²) < 4.78 is 5.04. The minimum Gasteiger partial charge on any atom is -0.360 e. The van der Waals surface area contributed by atoms with E-state index in [9.17, 15) is 14.4 Å². The summed E-state index contributed by atoms with van der Waals surface area (Å²) in [7, 11) is 0. The highest BCUT2D eigenvalue weighted by atomic mass is 32.2. The molecule has 4 aromatic carbocycles. The molecule has 3 amide bonds. The van der Waals surface area contributed by atoms with Gasteiger partial charge in [-0.25, -0.2) is 0 Å². The highest BCUT2D eigenvalue weighted by Gasteiger charge is 2.20. The largest absolute Gasteiger partial charge is 0.360 e. The van der Waals surface area contributed by atoms with Crippen molar-refractivity contribution in [2.45, 2.75) is 30.4 Å². The van der Waals surface area contributed by atoms with Crippen LogP contribution in [0.2, 0.25) is 0 Å². The Bertz CT molecular complexity index is 1800. The zero-order valence-electron chi connectivity index (χ0n) is 24.8. The fraction of sp³-hybridized carbons (Fsp3) is 0.111. The number of rotatable bonds is 11. The van der Waals surface area contributed by atoms with E-state index in [2.05, 4.69) is 21.1 Å². The van der Waals surface area contributed by atoms with Crippen LogP contribution in [0.15, 0.2) is 130 Å². The second-order valence-corrected chi connectivity index (χ2v) is 11.5. The fourth-order valence-corrected chi connectivity index (χ4v) is 5.49. The van der Waals surface area contributed by atoms with Crippen molar-refractivity contribution in [1.82, 2.24) is 10.5 Å². The molecule has 0 bridgehead atoms. The number of thioether (sulfide) groups is 1.